The quantitative estimate of drug-likeness (QED) is 0.485. The largest absolute Gasteiger partial charge is 0.399 e. The fourth-order valence-electron chi connectivity index (χ4n) is 1.95. The van der Waals surface area contributed by atoms with E-state index in [2.05, 4.69) is 5.16 Å². The summed E-state index contributed by atoms with van der Waals surface area (Å²) in [6, 6.07) is 14.2. The molecule has 0 unspecified atom stereocenters. The highest BCUT2D eigenvalue weighted by Gasteiger charge is 2.16. The maximum absolute atomic E-state index is 12.6. The Balaban J connectivity index is 2.53. The van der Waals surface area contributed by atoms with E-state index in [-0.39, 0.29) is 5.78 Å². The van der Waals surface area contributed by atoms with Crippen molar-refractivity contribution >= 4 is 23.1 Å². The highest BCUT2D eigenvalue weighted by atomic mass is 35.5. The van der Waals surface area contributed by atoms with Crippen LogP contribution in [0.15, 0.2) is 53.7 Å². The molecule has 0 aliphatic rings. The Hall–Kier alpha value is -2.13. The van der Waals surface area contributed by atoms with Gasteiger partial charge in [0, 0.05) is 21.7 Å². The van der Waals surface area contributed by atoms with Crippen LogP contribution in [0.3, 0.4) is 0 Å². The van der Waals surface area contributed by atoms with Crippen LogP contribution in [0.1, 0.15) is 28.4 Å². The number of hydrogen-bond donors (Lipinski definition) is 0. The monoisotopic (exact) mass is 287 g/mol. The van der Waals surface area contributed by atoms with Gasteiger partial charge in [0.05, 0.1) is 5.71 Å². The molecule has 0 heterocycles. The summed E-state index contributed by atoms with van der Waals surface area (Å²) < 4.78 is 0. The Morgan fingerprint density at radius 3 is 2.45 bits per heavy atom. The molecule has 0 saturated carbocycles. The third kappa shape index (κ3) is 3.06. The SMILES string of the molecule is CO/N=C(/C)c1ccc(Cl)cc1C(=O)c1ccccc1. The van der Waals surface area contributed by atoms with E-state index in [4.69, 9.17) is 16.4 Å². The van der Waals surface area contributed by atoms with Crippen molar-refractivity contribution < 1.29 is 9.63 Å². The molecular weight excluding hydrogens is 274 g/mol. The lowest BCUT2D eigenvalue weighted by Gasteiger charge is -2.09. The summed E-state index contributed by atoms with van der Waals surface area (Å²) in [6.45, 7) is 1.79. The van der Waals surface area contributed by atoms with Gasteiger partial charge in [-0.1, -0.05) is 53.2 Å². The van der Waals surface area contributed by atoms with Crippen LogP contribution in [-0.4, -0.2) is 18.6 Å². The highest BCUT2D eigenvalue weighted by Crippen LogP contribution is 2.20. The molecule has 0 N–H and O–H groups in total. The molecule has 0 saturated heterocycles. The van der Waals surface area contributed by atoms with Crippen LogP contribution in [0.4, 0.5) is 0 Å². The lowest BCUT2D eigenvalue weighted by atomic mass is 9.96. The van der Waals surface area contributed by atoms with E-state index in [1.807, 2.05) is 18.2 Å². The van der Waals surface area contributed by atoms with Crippen molar-refractivity contribution in [3.8, 4) is 0 Å². The van der Waals surface area contributed by atoms with Gasteiger partial charge in [0.1, 0.15) is 7.11 Å². The van der Waals surface area contributed by atoms with Gasteiger partial charge in [-0.05, 0) is 19.1 Å². The van der Waals surface area contributed by atoms with Gasteiger partial charge in [0.15, 0.2) is 5.78 Å². The second-order valence-electron chi connectivity index (χ2n) is 4.24. The van der Waals surface area contributed by atoms with Crippen LogP contribution in [-0.2, 0) is 4.84 Å². The predicted molar refractivity (Wildman–Crippen MR) is 80.5 cm³/mol. The highest BCUT2D eigenvalue weighted by molar-refractivity contribution is 6.31. The number of nitrogens with zero attached hydrogens (tertiary/aromatic N) is 1. The van der Waals surface area contributed by atoms with Crippen molar-refractivity contribution in [2.45, 2.75) is 6.92 Å². The zero-order valence-electron chi connectivity index (χ0n) is 11.3. The number of halogens is 1. The Bertz CT molecular complexity index is 651. The minimum atomic E-state index is -0.0891. The number of benzene rings is 2. The lowest BCUT2D eigenvalue weighted by molar-refractivity contribution is 0.103. The minimum Gasteiger partial charge on any atom is -0.399 e. The molecule has 102 valence electrons. The van der Waals surface area contributed by atoms with E-state index in [0.717, 1.165) is 0 Å². The first-order valence-corrected chi connectivity index (χ1v) is 6.48. The van der Waals surface area contributed by atoms with E-state index in [9.17, 15) is 4.79 Å². The van der Waals surface area contributed by atoms with Crippen molar-refractivity contribution in [2.75, 3.05) is 7.11 Å². The standard InChI is InChI=1S/C16H14ClNO2/c1-11(18-20-2)14-9-8-13(17)10-15(14)16(19)12-6-4-3-5-7-12/h3-10H,1-2H3/b18-11-. The summed E-state index contributed by atoms with van der Waals surface area (Å²) >= 11 is 6.01. The van der Waals surface area contributed by atoms with Gasteiger partial charge in [0.25, 0.3) is 0 Å². The van der Waals surface area contributed by atoms with Gasteiger partial charge < -0.3 is 4.84 Å². The van der Waals surface area contributed by atoms with Gasteiger partial charge in [-0.15, -0.1) is 0 Å². The average Bonchev–Trinajstić information content (AvgIpc) is 2.47. The van der Waals surface area contributed by atoms with Crippen molar-refractivity contribution in [2.24, 2.45) is 5.16 Å². The summed E-state index contributed by atoms with van der Waals surface area (Å²) in [7, 11) is 1.47. The molecule has 0 spiro atoms. The molecule has 0 bridgehead atoms. The van der Waals surface area contributed by atoms with Gasteiger partial charge in [0.2, 0.25) is 0 Å². The van der Waals surface area contributed by atoms with Gasteiger partial charge in [-0.3, -0.25) is 4.79 Å². The van der Waals surface area contributed by atoms with Gasteiger partial charge in [-0.2, -0.15) is 0 Å². The Labute approximate surface area is 122 Å². The van der Waals surface area contributed by atoms with E-state index in [0.29, 0.717) is 27.4 Å². The van der Waals surface area contributed by atoms with E-state index in [1.54, 1.807) is 37.3 Å². The summed E-state index contributed by atoms with van der Waals surface area (Å²) in [6.07, 6.45) is 0. The molecule has 0 atom stereocenters. The predicted octanol–water partition coefficient (Wildman–Crippen LogP) is 3.94. The molecule has 2 rings (SSSR count). The van der Waals surface area contributed by atoms with Gasteiger partial charge >= 0.3 is 0 Å². The third-order valence-electron chi connectivity index (χ3n) is 2.88. The van der Waals surface area contributed by atoms with Crippen LogP contribution >= 0.6 is 11.6 Å². The number of ketones is 1. The maximum Gasteiger partial charge on any atom is 0.193 e. The molecule has 0 aliphatic heterocycles. The molecule has 2 aromatic rings. The number of rotatable bonds is 4. The molecule has 0 aromatic heterocycles. The summed E-state index contributed by atoms with van der Waals surface area (Å²) in [5.74, 6) is -0.0891. The first-order chi connectivity index (χ1) is 9.63. The van der Waals surface area contributed by atoms with Crippen LogP contribution in [0.5, 0.6) is 0 Å². The lowest BCUT2D eigenvalue weighted by Crippen LogP contribution is -2.09. The molecular formula is C16H14ClNO2. The van der Waals surface area contributed by atoms with Gasteiger partial charge in [-0.25, -0.2) is 0 Å². The van der Waals surface area contributed by atoms with Crippen LogP contribution in [0, 0.1) is 0 Å². The van der Waals surface area contributed by atoms with Crippen LogP contribution in [0.2, 0.25) is 5.02 Å². The number of carbonyl (C=O) groups is 1. The van der Waals surface area contributed by atoms with Crippen molar-refractivity contribution in [1.82, 2.24) is 0 Å². The number of oxime groups is 1. The molecule has 4 heteroatoms. The molecule has 0 amide bonds. The first kappa shape index (κ1) is 14.3. The normalized spacial score (nSPS) is 11.2. The minimum absolute atomic E-state index is 0.0891. The molecule has 20 heavy (non-hydrogen) atoms. The Morgan fingerprint density at radius 1 is 1.10 bits per heavy atom. The average molecular weight is 288 g/mol. The van der Waals surface area contributed by atoms with E-state index < -0.39 is 0 Å². The van der Waals surface area contributed by atoms with E-state index >= 15 is 0 Å². The molecule has 2 aromatic carbocycles. The van der Waals surface area contributed by atoms with Crippen molar-refractivity contribution in [3.05, 3.63) is 70.2 Å². The first-order valence-electron chi connectivity index (χ1n) is 6.11. The van der Waals surface area contributed by atoms with Crippen molar-refractivity contribution in [3.63, 3.8) is 0 Å². The zero-order valence-corrected chi connectivity index (χ0v) is 12.0. The Kier molecular flexibility index (Phi) is 4.53. The topological polar surface area (TPSA) is 38.7 Å². The third-order valence-corrected chi connectivity index (χ3v) is 3.12. The van der Waals surface area contributed by atoms with E-state index in [1.165, 1.54) is 7.11 Å². The van der Waals surface area contributed by atoms with Crippen LogP contribution in [0.25, 0.3) is 0 Å². The van der Waals surface area contributed by atoms with Crippen LogP contribution < -0.4 is 0 Å². The molecule has 0 radical (unpaired) electrons. The molecule has 0 fully saturated rings. The Morgan fingerprint density at radius 2 is 1.80 bits per heavy atom. The summed E-state index contributed by atoms with van der Waals surface area (Å²) in [5.41, 5.74) is 2.47. The fraction of sp³-hybridized carbons (Fsp3) is 0.125. The number of hydrogen-bond acceptors (Lipinski definition) is 3. The maximum atomic E-state index is 12.6. The zero-order chi connectivity index (χ0) is 14.5. The summed E-state index contributed by atoms with van der Waals surface area (Å²) in [4.78, 5) is 17.3. The molecule has 3 nitrogen and oxygen atoms in total. The second kappa shape index (κ2) is 6.35. The summed E-state index contributed by atoms with van der Waals surface area (Å²) in [5, 5.41) is 4.39. The smallest absolute Gasteiger partial charge is 0.193 e. The second-order valence-corrected chi connectivity index (χ2v) is 4.68. The fourth-order valence-corrected chi connectivity index (χ4v) is 2.12. The number of carbonyl (C=O) groups excluding carboxylic acids is 1. The van der Waals surface area contributed by atoms with Crippen molar-refractivity contribution in [1.29, 1.82) is 0 Å². The molecule has 0 aliphatic carbocycles.